The van der Waals surface area contributed by atoms with Gasteiger partial charge in [0, 0.05) is 16.5 Å². The van der Waals surface area contributed by atoms with E-state index in [-0.39, 0.29) is 0 Å². The van der Waals surface area contributed by atoms with E-state index >= 15 is 0 Å². The molecule has 0 atom stereocenters. The van der Waals surface area contributed by atoms with Crippen LogP contribution in [0.1, 0.15) is 43.2 Å². The Kier molecular flexibility index (Phi) is 3.77. The molecule has 0 aliphatic heterocycles. The van der Waals surface area contributed by atoms with Crippen LogP contribution in [-0.4, -0.2) is 10.2 Å². The van der Waals surface area contributed by atoms with Crippen LogP contribution in [0.4, 0.5) is 8.78 Å². The van der Waals surface area contributed by atoms with Gasteiger partial charge in [-0.2, -0.15) is 0 Å². The van der Waals surface area contributed by atoms with E-state index < -0.39 is 28.5 Å². The lowest BCUT2D eigenvalue weighted by Gasteiger charge is -2.39. The molecular formula is C18H18F2O2. The highest BCUT2D eigenvalue weighted by Gasteiger charge is 2.40. The minimum Gasteiger partial charge on any atom is -0.505 e. The highest BCUT2D eigenvalue weighted by atomic mass is 19.1. The molecule has 0 saturated heterocycles. The summed E-state index contributed by atoms with van der Waals surface area (Å²) in [4.78, 5) is 0. The molecule has 0 amide bonds. The monoisotopic (exact) mass is 304 g/mol. The summed E-state index contributed by atoms with van der Waals surface area (Å²) in [5.41, 5.74) is -0.238. The third-order valence-corrected chi connectivity index (χ3v) is 4.69. The second-order valence-electron chi connectivity index (χ2n) is 5.92. The molecule has 2 N–H and O–H groups in total. The molecular weight excluding hydrogens is 286 g/mol. The summed E-state index contributed by atoms with van der Waals surface area (Å²) < 4.78 is 29.0. The number of halogens is 2. The van der Waals surface area contributed by atoms with Crippen LogP contribution in [0.3, 0.4) is 0 Å². The van der Waals surface area contributed by atoms with Crippen molar-refractivity contribution in [3.8, 4) is 11.5 Å². The van der Waals surface area contributed by atoms with Gasteiger partial charge in [-0.25, -0.2) is 8.78 Å². The molecule has 4 heteroatoms. The molecule has 2 nitrogen and oxygen atoms in total. The van der Waals surface area contributed by atoms with Crippen molar-refractivity contribution in [2.45, 2.75) is 37.5 Å². The highest BCUT2D eigenvalue weighted by Crippen LogP contribution is 2.48. The zero-order chi connectivity index (χ0) is 15.7. The van der Waals surface area contributed by atoms with Crippen LogP contribution in [-0.2, 0) is 5.41 Å². The molecule has 0 bridgehead atoms. The molecule has 1 aliphatic carbocycles. The average Bonchev–Trinajstić information content (AvgIpc) is 2.53. The molecule has 22 heavy (non-hydrogen) atoms. The maximum absolute atomic E-state index is 14.5. The molecule has 0 radical (unpaired) electrons. The lowest BCUT2D eigenvalue weighted by atomic mass is 9.65. The molecule has 1 aliphatic rings. The fourth-order valence-corrected chi connectivity index (χ4v) is 3.62. The van der Waals surface area contributed by atoms with E-state index in [9.17, 15) is 19.0 Å². The van der Waals surface area contributed by atoms with Gasteiger partial charge in [0.2, 0.25) is 0 Å². The van der Waals surface area contributed by atoms with E-state index in [0.717, 1.165) is 19.3 Å². The summed E-state index contributed by atoms with van der Waals surface area (Å²) in [5, 5.41) is 19.4. The van der Waals surface area contributed by atoms with Crippen molar-refractivity contribution in [3.05, 3.63) is 59.2 Å². The fourth-order valence-electron chi connectivity index (χ4n) is 3.62. The molecule has 116 valence electrons. The third-order valence-electron chi connectivity index (χ3n) is 4.69. The Bertz CT molecular complexity index is 638. The van der Waals surface area contributed by atoms with Crippen LogP contribution in [0.2, 0.25) is 0 Å². The zero-order valence-electron chi connectivity index (χ0n) is 12.1. The Labute approximate surface area is 128 Å². The summed E-state index contributed by atoms with van der Waals surface area (Å²) in [6, 6.07) is 8.92. The number of benzene rings is 2. The van der Waals surface area contributed by atoms with Crippen molar-refractivity contribution in [1.29, 1.82) is 0 Å². The zero-order valence-corrected chi connectivity index (χ0v) is 12.1. The Balaban J connectivity index is 2.25. The number of hydrogen-bond donors (Lipinski definition) is 2. The van der Waals surface area contributed by atoms with Gasteiger partial charge in [0.1, 0.15) is 0 Å². The van der Waals surface area contributed by atoms with Gasteiger partial charge in [-0.3, -0.25) is 0 Å². The van der Waals surface area contributed by atoms with E-state index in [1.54, 1.807) is 24.3 Å². The SMILES string of the molecule is Oc1cccc(C2(c3cccc(O)c3F)CCCCC2)c1F. The molecule has 2 aromatic rings. The first-order valence-electron chi connectivity index (χ1n) is 7.52. The van der Waals surface area contributed by atoms with E-state index in [4.69, 9.17) is 0 Å². The van der Waals surface area contributed by atoms with Crippen LogP contribution in [0.25, 0.3) is 0 Å². The first-order chi connectivity index (χ1) is 10.6. The minimum atomic E-state index is -0.843. The number of hydrogen-bond acceptors (Lipinski definition) is 2. The molecule has 1 saturated carbocycles. The van der Waals surface area contributed by atoms with Gasteiger partial charge in [-0.15, -0.1) is 0 Å². The number of phenolic OH excluding ortho intramolecular Hbond substituents is 2. The summed E-state index contributed by atoms with van der Waals surface area (Å²) in [6.07, 6.45) is 3.90. The molecule has 0 spiro atoms. The average molecular weight is 304 g/mol. The van der Waals surface area contributed by atoms with Gasteiger partial charge < -0.3 is 10.2 Å². The molecule has 2 aromatic carbocycles. The standard InChI is InChI=1S/C18H18F2O2/c19-16-12(6-4-8-14(16)21)18(10-2-1-3-11-18)13-7-5-9-15(22)17(13)20/h4-9,21-22H,1-3,10-11H2. The highest BCUT2D eigenvalue weighted by molar-refractivity contribution is 5.46. The summed E-state index contributed by atoms with van der Waals surface area (Å²) in [6.45, 7) is 0. The van der Waals surface area contributed by atoms with E-state index in [2.05, 4.69) is 0 Å². The Morgan fingerprint density at radius 1 is 0.727 bits per heavy atom. The van der Waals surface area contributed by atoms with E-state index in [0.29, 0.717) is 24.0 Å². The van der Waals surface area contributed by atoms with Gasteiger partial charge in [0.25, 0.3) is 0 Å². The maximum atomic E-state index is 14.5. The van der Waals surface area contributed by atoms with Crippen LogP contribution in [0, 0.1) is 11.6 Å². The Morgan fingerprint density at radius 2 is 1.18 bits per heavy atom. The van der Waals surface area contributed by atoms with Crippen LogP contribution >= 0.6 is 0 Å². The maximum Gasteiger partial charge on any atom is 0.168 e. The molecule has 0 aromatic heterocycles. The van der Waals surface area contributed by atoms with Gasteiger partial charge in [0.15, 0.2) is 23.1 Å². The quantitative estimate of drug-likeness (QED) is 0.849. The van der Waals surface area contributed by atoms with Gasteiger partial charge >= 0.3 is 0 Å². The van der Waals surface area contributed by atoms with Crippen LogP contribution in [0.15, 0.2) is 36.4 Å². The smallest absolute Gasteiger partial charge is 0.168 e. The van der Waals surface area contributed by atoms with Gasteiger partial charge in [-0.1, -0.05) is 43.5 Å². The minimum absolute atomic E-state index is 0.302. The van der Waals surface area contributed by atoms with Crippen molar-refractivity contribution in [2.75, 3.05) is 0 Å². The molecule has 3 rings (SSSR count). The van der Waals surface area contributed by atoms with Crippen molar-refractivity contribution in [2.24, 2.45) is 0 Å². The second-order valence-corrected chi connectivity index (χ2v) is 5.92. The normalized spacial score (nSPS) is 17.4. The summed E-state index contributed by atoms with van der Waals surface area (Å²) in [5.74, 6) is -2.26. The molecule has 0 heterocycles. The molecule has 0 unspecified atom stereocenters. The lowest BCUT2D eigenvalue weighted by Crippen LogP contribution is -2.32. The molecule has 1 fully saturated rings. The van der Waals surface area contributed by atoms with Crippen molar-refractivity contribution in [3.63, 3.8) is 0 Å². The van der Waals surface area contributed by atoms with Crippen LogP contribution in [0.5, 0.6) is 11.5 Å². The predicted molar refractivity (Wildman–Crippen MR) is 80.0 cm³/mol. The number of phenols is 2. The van der Waals surface area contributed by atoms with Crippen molar-refractivity contribution < 1.29 is 19.0 Å². The Hall–Kier alpha value is -2.10. The van der Waals surface area contributed by atoms with Gasteiger partial charge in [0.05, 0.1) is 0 Å². The van der Waals surface area contributed by atoms with E-state index in [1.807, 2.05) is 0 Å². The predicted octanol–water partition coefficient (Wildman–Crippen LogP) is 4.63. The third kappa shape index (κ3) is 2.23. The largest absolute Gasteiger partial charge is 0.505 e. The van der Waals surface area contributed by atoms with Crippen LogP contribution < -0.4 is 0 Å². The van der Waals surface area contributed by atoms with Crippen molar-refractivity contribution in [1.82, 2.24) is 0 Å². The number of aromatic hydroxyl groups is 2. The Morgan fingerprint density at radius 3 is 1.64 bits per heavy atom. The fraction of sp³-hybridized carbons (Fsp3) is 0.333. The van der Waals surface area contributed by atoms with E-state index in [1.165, 1.54) is 12.1 Å². The second kappa shape index (κ2) is 5.59. The topological polar surface area (TPSA) is 40.5 Å². The number of rotatable bonds is 2. The van der Waals surface area contributed by atoms with Gasteiger partial charge in [-0.05, 0) is 25.0 Å². The van der Waals surface area contributed by atoms with Crippen molar-refractivity contribution >= 4 is 0 Å². The lowest BCUT2D eigenvalue weighted by molar-refractivity contribution is 0.315. The summed E-state index contributed by atoms with van der Waals surface area (Å²) >= 11 is 0. The first-order valence-corrected chi connectivity index (χ1v) is 7.52. The summed E-state index contributed by atoms with van der Waals surface area (Å²) in [7, 11) is 0. The first kappa shape index (κ1) is 14.8.